The third-order valence-corrected chi connectivity index (χ3v) is 3.15. The van der Waals surface area contributed by atoms with Crippen LogP contribution in [0.3, 0.4) is 0 Å². The molecule has 17 heavy (non-hydrogen) atoms. The fraction of sp³-hybridized carbons (Fsp3) is 0.167. The van der Waals surface area contributed by atoms with Crippen LogP contribution < -0.4 is 0 Å². The molecule has 0 atom stereocenters. The molecule has 0 fully saturated rings. The average molecular weight is 288 g/mol. The van der Waals surface area contributed by atoms with E-state index in [2.05, 4.69) is 9.97 Å². The molecule has 5 heteroatoms. The number of halogens is 3. The maximum absolute atomic E-state index is 5.94. The maximum Gasteiger partial charge on any atom is 0.134 e. The van der Waals surface area contributed by atoms with Gasteiger partial charge in [-0.25, -0.2) is 9.97 Å². The summed E-state index contributed by atoms with van der Waals surface area (Å²) in [4.78, 5) is 8.47. The predicted molar refractivity (Wildman–Crippen MR) is 71.0 cm³/mol. The Balaban J connectivity index is 2.28. The van der Waals surface area contributed by atoms with Crippen molar-refractivity contribution in [1.82, 2.24) is 9.97 Å². The number of aryl methyl sites for hydroxylation is 1. The predicted octanol–water partition coefficient (Wildman–Crippen LogP) is 4.34. The van der Waals surface area contributed by atoms with Crippen LogP contribution >= 0.6 is 34.8 Å². The molecule has 1 aromatic heterocycles. The summed E-state index contributed by atoms with van der Waals surface area (Å²) in [7, 11) is 0. The molecule has 1 aromatic carbocycles. The Hall–Kier alpha value is -0.830. The molecule has 0 aliphatic heterocycles. The van der Waals surface area contributed by atoms with Gasteiger partial charge in [-0.1, -0.05) is 40.9 Å². The summed E-state index contributed by atoms with van der Waals surface area (Å²) in [5.74, 6) is 0.674. The van der Waals surface area contributed by atoms with Crippen LogP contribution in [-0.4, -0.2) is 9.97 Å². The molecule has 0 N–H and O–H groups in total. The Morgan fingerprint density at radius 2 is 1.76 bits per heavy atom. The van der Waals surface area contributed by atoms with Gasteiger partial charge in [0.15, 0.2) is 0 Å². The fourth-order valence-electron chi connectivity index (χ4n) is 1.50. The van der Waals surface area contributed by atoms with Crippen LogP contribution in [0.2, 0.25) is 15.2 Å². The maximum atomic E-state index is 5.94. The fourth-order valence-corrected chi connectivity index (χ4v) is 2.08. The van der Waals surface area contributed by atoms with E-state index in [9.17, 15) is 0 Å². The number of rotatable bonds is 2. The van der Waals surface area contributed by atoms with E-state index >= 15 is 0 Å². The zero-order valence-electron chi connectivity index (χ0n) is 9.04. The lowest BCUT2D eigenvalue weighted by Gasteiger charge is -2.04. The van der Waals surface area contributed by atoms with Crippen molar-refractivity contribution in [2.24, 2.45) is 0 Å². The van der Waals surface area contributed by atoms with E-state index in [1.165, 1.54) is 0 Å². The minimum absolute atomic E-state index is 0.451. The monoisotopic (exact) mass is 286 g/mol. The largest absolute Gasteiger partial charge is 0.238 e. The van der Waals surface area contributed by atoms with Gasteiger partial charge >= 0.3 is 0 Å². The first-order valence-electron chi connectivity index (χ1n) is 4.98. The van der Waals surface area contributed by atoms with Crippen molar-refractivity contribution >= 4 is 34.8 Å². The highest BCUT2D eigenvalue weighted by Crippen LogP contribution is 2.23. The summed E-state index contributed by atoms with van der Waals surface area (Å²) in [5.41, 5.74) is 1.85. The van der Waals surface area contributed by atoms with Crippen molar-refractivity contribution in [1.29, 1.82) is 0 Å². The first kappa shape index (κ1) is 12.6. The van der Waals surface area contributed by atoms with E-state index < -0.39 is 0 Å². The second-order valence-electron chi connectivity index (χ2n) is 3.67. The van der Waals surface area contributed by atoms with Crippen molar-refractivity contribution in [3.8, 4) is 0 Å². The highest BCUT2D eigenvalue weighted by atomic mass is 35.5. The second-order valence-corrected chi connectivity index (χ2v) is 4.88. The van der Waals surface area contributed by atoms with Gasteiger partial charge in [-0.3, -0.25) is 0 Å². The smallest absolute Gasteiger partial charge is 0.134 e. The highest BCUT2D eigenvalue weighted by molar-refractivity contribution is 6.42. The Morgan fingerprint density at radius 1 is 1.00 bits per heavy atom. The van der Waals surface area contributed by atoms with Crippen LogP contribution in [-0.2, 0) is 6.42 Å². The number of hydrogen-bond donors (Lipinski definition) is 0. The van der Waals surface area contributed by atoms with Crippen molar-refractivity contribution in [3.05, 3.63) is 56.5 Å². The summed E-state index contributed by atoms with van der Waals surface area (Å²) >= 11 is 17.7. The zero-order valence-corrected chi connectivity index (χ0v) is 11.3. The molecule has 0 spiro atoms. The molecule has 88 valence electrons. The molecule has 0 aliphatic carbocycles. The van der Waals surface area contributed by atoms with Gasteiger partial charge in [-0.15, -0.1) is 0 Å². The van der Waals surface area contributed by atoms with E-state index in [1.807, 2.05) is 19.1 Å². The number of hydrogen-bond acceptors (Lipinski definition) is 2. The zero-order chi connectivity index (χ0) is 12.4. The van der Waals surface area contributed by atoms with Gasteiger partial charge in [0.2, 0.25) is 0 Å². The topological polar surface area (TPSA) is 25.8 Å². The number of nitrogens with zero attached hydrogens (tertiary/aromatic N) is 2. The second kappa shape index (κ2) is 5.21. The van der Waals surface area contributed by atoms with E-state index in [1.54, 1.807) is 12.1 Å². The van der Waals surface area contributed by atoms with E-state index in [-0.39, 0.29) is 0 Å². The summed E-state index contributed by atoms with van der Waals surface area (Å²) in [6, 6.07) is 7.19. The Labute approximate surface area is 115 Å². The molecule has 2 nitrogen and oxygen atoms in total. The van der Waals surface area contributed by atoms with Crippen LogP contribution in [0.4, 0.5) is 0 Å². The molecule has 0 radical (unpaired) electrons. The average Bonchev–Trinajstić information content (AvgIpc) is 2.22. The molecule has 0 saturated carbocycles. The van der Waals surface area contributed by atoms with Crippen molar-refractivity contribution in [2.75, 3.05) is 0 Å². The molecule has 0 saturated heterocycles. The van der Waals surface area contributed by atoms with Gasteiger partial charge < -0.3 is 0 Å². The standard InChI is InChI=1S/C12H9Cl3N2/c1-7-4-11(15)17-12(16-7)6-8-2-3-9(13)10(14)5-8/h2-5H,6H2,1H3. The lowest BCUT2D eigenvalue weighted by atomic mass is 10.1. The van der Waals surface area contributed by atoms with E-state index in [0.29, 0.717) is 27.4 Å². The summed E-state index contributed by atoms with van der Waals surface area (Å²) in [6.45, 7) is 1.88. The van der Waals surface area contributed by atoms with Crippen LogP contribution in [0.15, 0.2) is 24.3 Å². The molecule has 2 rings (SSSR count). The minimum atomic E-state index is 0.451. The SMILES string of the molecule is Cc1cc(Cl)nc(Cc2ccc(Cl)c(Cl)c2)n1. The first-order chi connectivity index (χ1) is 8.04. The molecular weight excluding hydrogens is 279 g/mol. The Kier molecular flexibility index (Phi) is 3.87. The minimum Gasteiger partial charge on any atom is -0.238 e. The molecular formula is C12H9Cl3N2. The Morgan fingerprint density at radius 3 is 2.41 bits per heavy atom. The number of aromatic nitrogens is 2. The van der Waals surface area contributed by atoms with Crippen LogP contribution in [0.1, 0.15) is 17.1 Å². The molecule has 0 bridgehead atoms. The normalized spacial score (nSPS) is 10.6. The molecule has 1 heterocycles. The van der Waals surface area contributed by atoms with Crippen LogP contribution in [0.5, 0.6) is 0 Å². The van der Waals surface area contributed by atoms with Crippen LogP contribution in [0.25, 0.3) is 0 Å². The quantitative estimate of drug-likeness (QED) is 0.768. The third kappa shape index (κ3) is 3.32. The summed E-state index contributed by atoms with van der Waals surface area (Å²) in [5, 5.41) is 1.52. The highest BCUT2D eigenvalue weighted by Gasteiger charge is 2.04. The lowest BCUT2D eigenvalue weighted by Crippen LogP contribution is -1.98. The van der Waals surface area contributed by atoms with Gasteiger partial charge in [-0.05, 0) is 30.7 Å². The van der Waals surface area contributed by atoms with Gasteiger partial charge in [0.05, 0.1) is 10.0 Å². The molecule has 0 unspecified atom stereocenters. The molecule has 2 aromatic rings. The summed E-state index contributed by atoms with van der Waals surface area (Å²) < 4.78 is 0. The third-order valence-electron chi connectivity index (χ3n) is 2.22. The first-order valence-corrected chi connectivity index (χ1v) is 6.12. The van der Waals surface area contributed by atoms with Crippen LogP contribution in [0, 0.1) is 6.92 Å². The number of benzene rings is 1. The summed E-state index contributed by atoms with van der Waals surface area (Å²) in [6.07, 6.45) is 0.582. The molecule has 0 amide bonds. The van der Waals surface area contributed by atoms with Gasteiger partial charge in [0.1, 0.15) is 11.0 Å². The molecule has 0 aliphatic rings. The van der Waals surface area contributed by atoms with Crippen molar-refractivity contribution in [3.63, 3.8) is 0 Å². The lowest BCUT2D eigenvalue weighted by molar-refractivity contribution is 0.943. The van der Waals surface area contributed by atoms with Crippen molar-refractivity contribution < 1.29 is 0 Å². The van der Waals surface area contributed by atoms with Gasteiger partial charge in [0, 0.05) is 12.1 Å². The Bertz CT molecular complexity index is 535. The van der Waals surface area contributed by atoms with E-state index in [0.717, 1.165) is 11.3 Å². The van der Waals surface area contributed by atoms with E-state index in [4.69, 9.17) is 34.8 Å². The van der Waals surface area contributed by atoms with Gasteiger partial charge in [-0.2, -0.15) is 0 Å². The van der Waals surface area contributed by atoms with Gasteiger partial charge in [0.25, 0.3) is 0 Å². The van der Waals surface area contributed by atoms with Crippen molar-refractivity contribution in [2.45, 2.75) is 13.3 Å².